The lowest BCUT2D eigenvalue weighted by molar-refractivity contribution is -0.141. The number of halogens is 2. The topological polar surface area (TPSA) is 63.7 Å². The maximum absolute atomic E-state index is 13.2. The Balaban J connectivity index is 2.55. The minimum atomic E-state index is -4.11. The van der Waals surface area contributed by atoms with E-state index in [-0.39, 0.29) is 22.2 Å². The van der Waals surface area contributed by atoms with Crippen molar-refractivity contribution in [1.82, 2.24) is 0 Å². The summed E-state index contributed by atoms with van der Waals surface area (Å²) in [6, 6.07) is 9.29. The van der Waals surface area contributed by atoms with Crippen LogP contribution in [0.1, 0.15) is 12.5 Å². The predicted molar refractivity (Wildman–Crippen MR) is 93.8 cm³/mol. The van der Waals surface area contributed by atoms with Crippen molar-refractivity contribution in [3.8, 4) is 0 Å². The number of nitrogens with zero attached hydrogens (tertiary/aromatic N) is 1. The number of benzene rings is 2. The summed E-state index contributed by atoms with van der Waals surface area (Å²) in [6.07, 6.45) is 0. The number of esters is 1. The molecule has 0 aliphatic rings. The summed E-state index contributed by atoms with van der Waals surface area (Å²) >= 11 is 6.02. The normalized spacial score (nSPS) is 11.2. The van der Waals surface area contributed by atoms with Gasteiger partial charge in [0.1, 0.15) is 12.4 Å². The Morgan fingerprint density at radius 2 is 1.84 bits per heavy atom. The van der Waals surface area contributed by atoms with Crippen molar-refractivity contribution in [2.24, 2.45) is 0 Å². The third-order valence-electron chi connectivity index (χ3n) is 3.48. The van der Waals surface area contributed by atoms with Crippen LogP contribution in [0.2, 0.25) is 5.02 Å². The Hall–Kier alpha value is -2.12. The van der Waals surface area contributed by atoms with Gasteiger partial charge in [-0.2, -0.15) is 0 Å². The van der Waals surface area contributed by atoms with E-state index in [4.69, 9.17) is 16.3 Å². The fourth-order valence-electron chi connectivity index (χ4n) is 2.23. The molecule has 0 heterocycles. The SMILES string of the molecule is CCOC(=O)CN(c1ccc(F)cc1)S(=O)(=O)c1cccc(Cl)c1C. The van der Waals surface area contributed by atoms with Gasteiger partial charge in [-0.15, -0.1) is 0 Å². The molecule has 0 saturated carbocycles. The molecule has 0 aliphatic heterocycles. The van der Waals surface area contributed by atoms with Crippen molar-refractivity contribution < 1.29 is 22.3 Å². The Morgan fingerprint density at radius 1 is 1.20 bits per heavy atom. The summed E-state index contributed by atoms with van der Waals surface area (Å²) < 4.78 is 45.1. The van der Waals surface area contributed by atoms with E-state index >= 15 is 0 Å². The molecule has 0 spiro atoms. The summed E-state index contributed by atoms with van der Waals surface area (Å²) in [7, 11) is -4.11. The third-order valence-corrected chi connectivity index (χ3v) is 5.81. The van der Waals surface area contributed by atoms with Gasteiger partial charge in [0.05, 0.1) is 17.2 Å². The lowest BCUT2D eigenvalue weighted by atomic mass is 10.2. The van der Waals surface area contributed by atoms with E-state index in [9.17, 15) is 17.6 Å². The van der Waals surface area contributed by atoms with E-state index in [2.05, 4.69) is 0 Å². The average Bonchev–Trinajstić information content (AvgIpc) is 2.56. The molecule has 0 unspecified atom stereocenters. The molecule has 5 nitrogen and oxygen atoms in total. The Bertz CT molecular complexity index is 869. The summed E-state index contributed by atoms with van der Waals surface area (Å²) in [4.78, 5) is 11.9. The van der Waals surface area contributed by atoms with Gasteiger partial charge in [0.25, 0.3) is 10.0 Å². The maximum Gasteiger partial charge on any atom is 0.326 e. The van der Waals surface area contributed by atoms with E-state index in [1.165, 1.54) is 24.3 Å². The van der Waals surface area contributed by atoms with Crippen LogP contribution >= 0.6 is 11.6 Å². The van der Waals surface area contributed by atoms with E-state index < -0.39 is 28.4 Å². The molecule has 2 aromatic rings. The summed E-state index contributed by atoms with van der Waals surface area (Å²) in [6.45, 7) is 2.78. The van der Waals surface area contributed by atoms with Gasteiger partial charge in [-0.05, 0) is 55.8 Å². The van der Waals surface area contributed by atoms with Crippen molar-refractivity contribution in [3.05, 3.63) is 58.9 Å². The Kier molecular flexibility index (Phi) is 6.02. The minimum absolute atomic E-state index is 0.0337. The lowest BCUT2D eigenvalue weighted by Crippen LogP contribution is -2.37. The molecule has 0 amide bonds. The quantitative estimate of drug-likeness (QED) is 0.713. The number of carbonyl (C=O) groups excluding carboxylic acids is 1. The van der Waals surface area contributed by atoms with E-state index in [0.717, 1.165) is 16.4 Å². The molecule has 0 radical (unpaired) electrons. The van der Waals surface area contributed by atoms with Crippen molar-refractivity contribution in [1.29, 1.82) is 0 Å². The average molecular weight is 386 g/mol. The highest BCUT2D eigenvalue weighted by atomic mass is 35.5. The van der Waals surface area contributed by atoms with Crippen LogP contribution in [-0.2, 0) is 19.6 Å². The van der Waals surface area contributed by atoms with Gasteiger partial charge in [0, 0.05) is 5.02 Å². The number of ether oxygens (including phenoxy) is 1. The molecule has 0 bridgehead atoms. The van der Waals surface area contributed by atoms with Crippen LogP contribution in [0.25, 0.3) is 0 Å². The first kappa shape index (κ1) is 19.2. The number of sulfonamides is 1. The van der Waals surface area contributed by atoms with Gasteiger partial charge in [-0.25, -0.2) is 12.8 Å². The molecule has 134 valence electrons. The fourth-order valence-corrected chi connectivity index (χ4v) is 4.12. The zero-order valence-corrected chi connectivity index (χ0v) is 15.3. The second kappa shape index (κ2) is 7.84. The molecule has 2 rings (SSSR count). The van der Waals surface area contributed by atoms with Crippen LogP contribution in [0.15, 0.2) is 47.4 Å². The molecule has 0 fully saturated rings. The lowest BCUT2D eigenvalue weighted by Gasteiger charge is -2.24. The molecule has 25 heavy (non-hydrogen) atoms. The second-order valence-electron chi connectivity index (χ2n) is 5.16. The number of anilines is 1. The number of rotatable bonds is 6. The third kappa shape index (κ3) is 4.29. The molecule has 0 saturated heterocycles. The van der Waals surface area contributed by atoms with Gasteiger partial charge in [-0.1, -0.05) is 17.7 Å². The Labute approximate surface area is 151 Å². The van der Waals surface area contributed by atoms with Gasteiger partial charge in [-0.3, -0.25) is 9.10 Å². The van der Waals surface area contributed by atoms with Crippen molar-refractivity contribution in [2.75, 3.05) is 17.5 Å². The highest BCUT2D eigenvalue weighted by Crippen LogP contribution is 2.29. The number of hydrogen-bond donors (Lipinski definition) is 0. The first-order valence-electron chi connectivity index (χ1n) is 7.46. The van der Waals surface area contributed by atoms with E-state index in [1.807, 2.05) is 0 Å². The molecular weight excluding hydrogens is 369 g/mol. The molecule has 8 heteroatoms. The number of carbonyl (C=O) groups is 1. The van der Waals surface area contributed by atoms with Gasteiger partial charge in [0.2, 0.25) is 0 Å². The monoisotopic (exact) mass is 385 g/mol. The summed E-state index contributed by atoms with van der Waals surface area (Å²) in [5.74, 6) is -1.23. The first-order valence-corrected chi connectivity index (χ1v) is 9.28. The minimum Gasteiger partial charge on any atom is -0.465 e. The van der Waals surface area contributed by atoms with E-state index in [0.29, 0.717) is 5.56 Å². The van der Waals surface area contributed by atoms with Gasteiger partial charge >= 0.3 is 5.97 Å². The fraction of sp³-hybridized carbons (Fsp3) is 0.235. The van der Waals surface area contributed by atoms with Crippen molar-refractivity contribution in [2.45, 2.75) is 18.7 Å². The highest BCUT2D eigenvalue weighted by Gasteiger charge is 2.29. The van der Waals surface area contributed by atoms with Gasteiger partial charge < -0.3 is 4.74 Å². The molecule has 0 aromatic heterocycles. The zero-order chi connectivity index (χ0) is 18.6. The zero-order valence-electron chi connectivity index (χ0n) is 13.7. The molecule has 2 aromatic carbocycles. The van der Waals surface area contributed by atoms with Gasteiger partial charge in [0.15, 0.2) is 0 Å². The summed E-state index contributed by atoms with van der Waals surface area (Å²) in [5.41, 5.74) is 0.508. The number of hydrogen-bond acceptors (Lipinski definition) is 4. The van der Waals surface area contributed by atoms with E-state index in [1.54, 1.807) is 19.9 Å². The molecular formula is C17H17ClFNO4S. The smallest absolute Gasteiger partial charge is 0.326 e. The van der Waals surface area contributed by atoms with Crippen molar-refractivity contribution >= 4 is 33.3 Å². The van der Waals surface area contributed by atoms with Crippen molar-refractivity contribution in [3.63, 3.8) is 0 Å². The molecule has 0 atom stereocenters. The molecule has 0 N–H and O–H groups in total. The predicted octanol–water partition coefficient (Wildman–Crippen LogP) is 3.55. The maximum atomic E-state index is 13.2. The van der Waals surface area contributed by atoms with Crippen LogP contribution in [0.5, 0.6) is 0 Å². The summed E-state index contributed by atoms with van der Waals surface area (Å²) in [5, 5.41) is 0.288. The Morgan fingerprint density at radius 3 is 2.44 bits per heavy atom. The van der Waals surface area contributed by atoms with Crippen LogP contribution in [-0.4, -0.2) is 27.5 Å². The van der Waals surface area contributed by atoms with Crippen LogP contribution in [0, 0.1) is 12.7 Å². The molecule has 0 aliphatic carbocycles. The first-order chi connectivity index (χ1) is 11.8. The van der Waals surface area contributed by atoms with Crippen LogP contribution in [0.4, 0.5) is 10.1 Å². The standard InChI is InChI=1S/C17H17ClFNO4S/c1-3-24-17(21)11-20(14-9-7-13(19)8-10-14)25(22,23)16-6-4-5-15(18)12(16)2/h4-10H,3,11H2,1-2H3. The largest absolute Gasteiger partial charge is 0.465 e. The van der Waals surface area contributed by atoms with Crippen LogP contribution < -0.4 is 4.31 Å². The highest BCUT2D eigenvalue weighted by molar-refractivity contribution is 7.93. The second-order valence-corrected chi connectivity index (χ2v) is 7.39. The van der Waals surface area contributed by atoms with Crippen LogP contribution in [0.3, 0.4) is 0 Å².